The smallest absolute Gasteiger partial charge is 0.344 e. The lowest BCUT2D eigenvalue weighted by Crippen LogP contribution is -2.31. The first-order valence-corrected chi connectivity index (χ1v) is 6.54. The van der Waals surface area contributed by atoms with Crippen molar-refractivity contribution in [1.29, 1.82) is 0 Å². The Kier molecular flexibility index (Phi) is 4.81. The molecule has 1 aliphatic carbocycles. The number of benzene rings is 1. The lowest BCUT2D eigenvalue weighted by Gasteiger charge is -2.07. The minimum absolute atomic E-state index is 0.236. The maximum Gasteiger partial charge on any atom is 0.344 e. The van der Waals surface area contributed by atoms with Gasteiger partial charge in [0.1, 0.15) is 5.75 Å². The number of esters is 1. The monoisotopic (exact) mass is 278 g/mol. The SMILES string of the molecule is Nc1ccc(OCC(=O)OCC(=O)NCC2CC2)cc1. The highest BCUT2D eigenvalue weighted by molar-refractivity contribution is 5.80. The molecule has 0 heterocycles. The van der Waals surface area contributed by atoms with Gasteiger partial charge in [-0.2, -0.15) is 0 Å². The Morgan fingerprint density at radius 1 is 1.20 bits per heavy atom. The zero-order valence-electron chi connectivity index (χ0n) is 11.1. The zero-order chi connectivity index (χ0) is 14.4. The number of carbonyl (C=O) groups is 2. The third kappa shape index (κ3) is 5.17. The number of rotatable bonds is 7. The number of hydrogen-bond acceptors (Lipinski definition) is 5. The van der Waals surface area contributed by atoms with Crippen LogP contribution in [0.15, 0.2) is 24.3 Å². The normalized spacial score (nSPS) is 13.6. The van der Waals surface area contributed by atoms with Gasteiger partial charge in [0.2, 0.25) is 0 Å². The van der Waals surface area contributed by atoms with Crippen LogP contribution in [0, 0.1) is 5.92 Å². The van der Waals surface area contributed by atoms with Crippen molar-refractivity contribution in [3.8, 4) is 5.75 Å². The summed E-state index contributed by atoms with van der Waals surface area (Å²) in [6.45, 7) is 0.162. The Labute approximate surface area is 117 Å². The number of anilines is 1. The molecular formula is C14H18N2O4. The summed E-state index contributed by atoms with van der Waals surface area (Å²) in [6.07, 6.45) is 2.32. The van der Waals surface area contributed by atoms with Gasteiger partial charge in [0.15, 0.2) is 13.2 Å². The van der Waals surface area contributed by atoms with E-state index in [-0.39, 0.29) is 19.1 Å². The van der Waals surface area contributed by atoms with Crippen molar-refractivity contribution in [1.82, 2.24) is 5.32 Å². The van der Waals surface area contributed by atoms with Crippen molar-refractivity contribution >= 4 is 17.6 Å². The maximum atomic E-state index is 11.4. The number of carbonyl (C=O) groups excluding carboxylic acids is 2. The van der Waals surface area contributed by atoms with Crippen LogP contribution in [0.1, 0.15) is 12.8 Å². The molecule has 2 rings (SSSR count). The average molecular weight is 278 g/mol. The Morgan fingerprint density at radius 2 is 1.90 bits per heavy atom. The fraction of sp³-hybridized carbons (Fsp3) is 0.429. The topological polar surface area (TPSA) is 90.7 Å². The van der Waals surface area contributed by atoms with Crippen LogP contribution in [0.2, 0.25) is 0 Å². The standard InChI is InChI=1S/C14H18N2O4/c15-11-3-5-12(6-4-11)19-9-14(18)20-8-13(17)16-7-10-1-2-10/h3-6,10H,1-2,7-9,15H2,(H,16,17). The number of nitrogens with two attached hydrogens (primary N) is 1. The van der Waals surface area contributed by atoms with Crippen molar-refractivity contribution in [2.45, 2.75) is 12.8 Å². The third-order valence-corrected chi connectivity index (χ3v) is 2.89. The number of ether oxygens (including phenoxy) is 2. The highest BCUT2D eigenvalue weighted by Gasteiger charge is 2.21. The molecule has 6 heteroatoms. The fourth-order valence-electron chi connectivity index (χ4n) is 1.53. The first-order valence-electron chi connectivity index (χ1n) is 6.54. The van der Waals surface area contributed by atoms with E-state index in [0.29, 0.717) is 23.9 Å². The molecule has 1 aliphatic rings. The molecular weight excluding hydrogens is 260 g/mol. The zero-order valence-corrected chi connectivity index (χ0v) is 11.1. The van der Waals surface area contributed by atoms with Gasteiger partial charge in [-0.25, -0.2) is 4.79 Å². The quantitative estimate of drug-likeness (QED) is 0.566. The molecule has 0 spiro atoms. The van der Waals surface area contributed by atoms with Crippen molar-refractivity contribution in [2.24, 2.45) is 5.92 Å². The summed E-state index contributed by atoms with van der Waals surface area (Å²) in [7, 11) is 0. The van der Waals surface area contributed by atoms with E-state index in [0.717, 1.165) is 12.8 Å². The van der Waals surface area contributed by atoms with E-state index in [1.54, 1.807) is 24.3 Å². The number of hydrogen-bond donors (Lipinski definition) is 2. The van der Waals surface area contributed by atoms with Crippen LogP contribution in [0.4, 0.5) is 5.69 Å². The van der Waals surface area contributed by atoms with Crippen molar-refractivity contribution in [2.75, 3.05) is 25.5 Å². The van der Waals surface area contributed by atoms with E-state index >= 15 is 0 Å². The van der Waals surface area contributed by atoms with Crippen molar-refractivity contribution in [3.63, 3.8) is 0 Å². The average Bonchev–Trinajstić information content (AvgIpc) is 3.26. The lowest BCUT2D eigenvalue weighted by atomic mass is 10.3. The Balaban J connectivity index is 1.59. The highest BCUT2D eigenvalue weighted by atomic mass is 16.6. The second-order valence-electron chi connectivity index (χ2n) is 4.77. The van der Waals surface area contributed by atoms with Crippen LogP contribution < -0.4 is 15.8 Å². The molecule has 0 unspecified atom stereocenters. The van der Waals surface area contributed by atoms with Gasteiger partial charge in [-0.15, -0.1) is 0 Å². The van der Waals surface area contributed by atoms with E-state index in [1.807, 2.05) is 0 Å². The first-order chi connectivity index (χ1) is 9.63. The third-order valence-electron chi connectivity index (χ3n) is 2.89. The second-order valence-corrected chi connectivity index (χ2v) is 4.77. The summed E-state index contributed by atoms with van der Waals surface area (Å²) in [6, 6.07) is 6.66. The molecule has 1 aromatic carbocycles. The van der Waals surface area contributed by atoms with Gasteiger partial charge < -0.3 is 20.5 Å². The van der Waals surface area contributed by atoms with Gasteiger partial charge in [0, 0.05) is 12.2 Å². The van der Waals surface area contributed by atoms with E-state index < -0.39 is 5.97 Å². The van der Waals surface area contributed by atoms with Gasteiger partial charge in [-0.3, -0.25) is 4.79 Å². The Morgan fingerprint density at radius 3 is 2.55 bits per heavy atom. The van der Waals surface area contributed by atoms with E-state index in [2.05, 4.69) is 5.32 Å². The Bertz CT molecular complexity index is 469. The predicted molar refractivity (Wildman–Crippen MR) is 73.0 cm³/mol. The maximum absolute atomic E-state index is 11.4. The van der Waals surface area contributed by atoms with Crippen LogP contribution in [-0.4, -0.2) is 31.6 Å². The summed E-state index contributed by atoms with van der Waals surface area (Å²) in [4.78, 5) is 22.7. The summed E-state index contributed by atoms with van der Waals surface area (Å²) in [5.74, 6) is 0.263. The summed E-state index contributed by atoms with van der Waals surface area (Å²) in [5, 5.41) is 2.71. The number of nitrogen functional groups attached to an aromatic ring is 1. The fourth-order valence-corrected chi connectivity index (χ4v) is 1.53. The molecule has 0 atom stereocenters. The molecule has 6 nitrogen and oxygen atoms in total. The molecule has 0 saturated heterocycles. The van der Waals surface area contributed by atoms with Crippen molar-refractivity contribution < 1.29 is 19.1 Å². The van der Waals surface area contributed by atoms with Crippen LogP contribution in [-0.2, 0) is 14.3 Å². The van der Waals surface area contributed by atoms with E-state index in [4.69, 9.17) is 15.2 Å². The molecule has 20 heavy (non-hydrogen) atoms. The molecule has 1 aromatic rings. The molecule has 0 aromatic heterocycles. The van der Waals surface area contributed by atoms with E-state index in [1.165, 1.54) is 0 Å². The lowest BCUT2D eigenvalue weighted by molar-refractivity contribution is -0.150. The van der Waals surface area contributed by atoms with Gasteiger partial charge in [0.05, 0.1) is 0 Å². The number of nitrogens with one attached hydrogen (secondary N) is 1. The first kappa shape index (κ1) is 14.2. The largest absolute Gasteiger partial charge is 0.482 e. The van der Waals surface area contributed by atoms with Crippen LogP contribution in [0.25, 0.3) is 0 Å². The van der Waals surface area contributed by atoms with Gasteiger partial charge in [-0.05, 0) is 43.0 Å². The number of amides is 1. The molecule has 0 bridgehead atoms. The summed E-state index contributed by atoms with van der Waals surface area (Å²) < 4.78 is 10.0. The summed E-state index contributed by atoms with van der Waals surface area (Å²) >= 11 is 0. The summed E-state index contributed by atoms with van der Waals surface area (Å²) in [5.41, 5.74) is 6.14. The van der Waals surface area contributed by atoms with Gasteiger partial charge >= 0.3 is 5.97 Å². The van der Waals surface area contributed by atoms with Crippen LogP contribution in [0.3, 0.4) is 0 Å². The van der Waals surface area contributed by atoms with Crippen molar-refractivity contribution in [3.05, 3.63) is 24.3 Å². The molecule has 0 radical (unpaired) electrons. The molecule has 1 fully saturated rings. The molecule has 1 saturated carbocycles. The molecule has 3 N–H and O–H groups in total. The Hall–Kier alpha value is -2.24. The van der Waals surface area contributed by atoms with E-state index in [9.17, 15) is 9.59 Å². The highest BCUT2D eigenvalue weighted by Crippen LogP contribution is 2.27. The van der Waals surface area contributed by atoms with Gasteiger partial charge in [-0.1, -0.05) is 0 Å². The minimum atomic E-state index is -0.580. The molecule has 108 valence electrons. The molecule has 0 aliphatic heterocycles. The van der Waals surface area contributed by atoms with Crippen LogP contribution in [0.5, 0.6) is 5.75 Å². The predicted octanol–water partition coefficient (Wildman–Crippen LogP) is 0.717. The van der Waals surface area contributed by atoms with Crippen LogP contribution >= 0.6 is 0 Å². The molecule has 1 amide bonds. The van der Waals surface area contributed by atoms with Gasteiger partial charge in [0.25, 0.3) is 5.91 Å². The second kappa shape index (κ2) is 6.79. The minimum Gasteiger partial charge on any atom is -0.482 e.